The summed E-state index contributed by atoms with van der Waals surface area (Å²) in [7, 11) is 0. The fourth-order valence-electron chi connectivity index (χ4n) is 2.58. The van der Waals surface area contributed by atoms with Crippen LogP contribution in [0.3, 0.4) is 0 Å². The van der Waals surface area contributed by atoms with Crippen molar-refractivity contribution < 1.29 is 23.1 Å². The van der Waals surface area contributed by atoms with Crippen LogP contribution in [0.1, 0.15) is 44.0 Å². The number of benzene rings is 1. The zero-order valence-corrected chi connectivity index (χ0v) is 16.0. The van der Waals surface area contributed by atoms with Crippen LogP contribution in [-0.4, -0.2) is 41.6 Å². The van der Waals surface area contributed by atoms with E-state index in [1.807, 2.05) is 0 Å². The van der Waals surface area contributed by atoms with Gasteiger partial charge in [0, 0.05) is 19.1 Å². The molecule has 138 valence electrons. The van der Waals surface area contributed by atoms with Crippen molar-refractivity contribution in [3.8, 4) is 0 Å². The van der Waals surface area contributed by atoms with Crippen LogP contribution in [0.4, 0.5) is 13.6 Å². The van der Waals surface area contributed by atoms with Gasteiger partial charge in [0.25, 0.3) is 5.91 Å². The maximum Gasteiger partial charge on any atom is 0.410 e. The molecule has 2 rings (SSSR count). The van der Waals surface area contributed by atoms with Crippen LogP contribution >= 0.6 is 15.9 Å². The van der Waals surface area contributed by atoms with Gasteiger partial charge >= 0.3 is 6.09 Å². The van der Waals surface area contributed by atoms with E-state index in [1.54, 1.807) is 20.8 Å². The number of ether oxygens (including phenoxy) is 1. The number of carbonyl (C=O) groups excluding carboxylic acids is 2. The van der Waals surface area contributed by atoms with Crippen molar-refractivity contribution in [2.24, 2.45) is 0 Å². The van der Waals surface area contributed by atoms with Crippen molar-refractivity contribution in [3.05, 3.63) is 33.8 Å². The summed E-state index contributed by atoms with van der Waals surface area (Å²) in [4.78, 5) is 26.0. The second kappa shape index (κ2) is 7.68. The van der Waals surface area contributed by atoms with Crippen molar-refractivity contribution in [2.75, 3.05) is 13.1 Å². The third kappa shape index (κ3) is 5.14. The number of hydrogen-bond donors (Lipinski definition) is 1. The predicted octanol–water partition coefficient (Wildman–Crippen LogP) is 3.86. The largest absolute Gasteiger partial charge is 0.444 e. The Kier molecular flexibility index (Phi) is 6.03. The third-order valence-corrected chi connectivity index (χ3v) is 4.45. The number of halogens is 3. The minimum atomic E-state index is -0.814. The normalized spacial score (nSPS) is 18.0. The Balaban J connectivity index is 2.04. The van der Waals surface area contributed by atoms with Crippen molar-refractivity contribution in [3.63, 3.8) is 0 Å². The summed E-state index contributed by atoms with van der Waals surface area (Å²) in [6, 6.07) is 1.49. The van der Waals surface area contributed by atoms with Gasteiger partial charge in [0.2, 0.25) is 0 Å². The van der Waals surface area contributed by atoms with Crippen LogP contribution in [0.25, 0.3) is 0 Å². The topological polar surface area (TPSA) is 58.6 Å². The highest BCUT2D eigenvalue weighted by atomic mass is 79.9. The summed E-state index contributed by atoms with van der Waals surface area (Å²) in [5, 5.41) is 2.67. The number of hydrogen-bond acceptors (Lipinski definition) is 3. The number of piperidine rings is 1. The molecular weight excluding hydrogens is 398 g/mol. The fourth-order valence-corrected chi connectivity index (χ4v) is 3.08. The maximum absolute atomic E-state index is 13.9. The second-order valence-corrected chi connectivity index (χ2v) is 7.75. The Morgan fingerprint density at radius 2 is 1.92 bits per heavy atom. The van der Waals surface area contributed by atoms with Crippen LogP contribution in [0.5, 0.6) is 0 Å². The van der Waals surface area contributed by atoms with Crippen LogP contribution < -0.4 is 5.32 Å². The van der Waals surface area contributed by atoms with Gasteiger partial charge in [0.15, 0.2) is 0 Å². The minimum absolute atomic E-state index is 0.218. The summed E-state index contributed by atoms with van der Waals surface area (Å²) in [5.41, 5.74) is -0.988. The highest BCUT2D eigenvalue weighted by Crippen LogP contribution is 2.24. The lowest BCUT2D eigenvalue weighted by Crippen LogP contribution is -2.50. The number of nitrogens with zero attached hydrogens (tertiary/aromatic N) is 1. The molecule has 1 aromatic carbocycles. The lowest BCUT2D eigenvalue weighted by molar-refractivity contribution is 0.0185. The maximum atomic E-state index is 13.9. The van der Waals surface area contributed by atoms with Gasteiger partial charge in [-0.1, -0.05) is 0 Å². The van der Waals surface area contributed by atoms with E-state index in [9.17, 15) is 18.4 Å². The Hall–Kier alpha value is -1.70. The first-order valence-electron chi connectivity index (χ1n) is 8.01. The molecule has 5 nitrogen and oxygen atoms in total. The van der Waals surface area contributed by atoms with E-state index in [1.165, 1.54) is 4.90 Å². The van der Waals surface area contributed by atoms with E-state index in [2.05, 4.69) is 21.2 Å². The summed E-state index contributed by atoms with van der Waals surface area (Å²) < 4.78 is 32.6. The van der Waals surface area contributed by atoms with Crippen LogP contribution in [0.15, 0.2) is 16.6 Å². The van der Waals surface area contributed by atoms with E-state index in [0.717, 1.165) is 12.1 Å². The number of nitrogens with one attached hydrogen (secondary N) is 1. The minimum Gasteiger partial charge on any atom is -0.444 e. The van der Waals surface area contributed by atoms with Gasteiger partial charge in [0.1, 0.15) is 17.2 Å². The third-order valence-electron chi connectivity index (χ3n) is 3.68. The van der Waals surface area contributed by atoms with Crippen LogP contribution in [0.2, 0.25) is 0 Å². The fraction of sp³-hybridized carbons (Fsp3) is 0.529. The molecule has 25 heavy (non-hydrogen) atoms. The average molecular weight is 419 g/mol. The molecule has 1 fully saturated rings. The average Bonchev–Trinajstić information content (AvgIpc) is 2.50. The molecule has 0 aliphatic carbocycles. The van der Waals surface area contributed by atoms with Gasteiger partial charge < -0.3 is 15.0 Å². The monoisotopic (exact) mass is 418 g/mol. The van der Waals surface area contributed by atoms with Crippen molar-refractivity contribution >= 4 is 27.9 Å². The van der Waals surface area contributed by atoms with E-state index < -0.39 is 29.2 Å². The molecule has 1 aliphatic rings. The summed E-state index contributed by atoms with van der Waals surface area (Å²) in [6.07, 6.45) is 0.862. The standard InChI is InChI=1S/C17H21BrF2N2O3/c1-17(2,3)25-16(24)22-8-4-5-10(9-22)21-15(23)13-11(19)6-7-12(20)14(13)18/h6-7,10H,4-5,8-9H2,1-3H3,(H,21,23). The van der Waals surface area contributed by atoms with Crippen molar-refractivity contribution in [2.45, 2.75) is 45.3 Å². The highest BCUT2D eigenvalue weighted by molar-refractivity contribution is 9.10. The molecule has 1 atom stereocenters. The number of carbonyl (C=O) groups is 2. The SMILES string of the molecule is CC(C)(C)OC(=O)N1CCCC(NC(=O)c2c(F)ccc(F)c2Br)C1. The quantitative estimate of drug-likeness (QED) is 0.741. The summed E-state index contributed by atoms with van der Waals surface area (Å²) in [5.74, 6) is -2.25. The smallest absolute Gasteiger partial charge is 0.410 e. The lowest BCUT2D eigenvalue weighted by Gasteiger charge is -2.34. The van der Waals surface area contributed by atoms with Gasteiger partial charge in [-0.25, -0.2) is 13.6 Å². The predicted molar refractivity (Wildman–Crippen MR) is 92.4 cm³/mol. The molecule has 2 amide bonds. The van der Waals surface area contributed by atoms with Gasteiger partial charge in [-0.05, 0) is 61.7 Å². The first-order chi connectivity index (χ1) is 11.6. The van der Waals surface area contributed by atoms with E-state index in [-0.39, 0.29) is 22.6 Å². The van der Waals surface area contributed by atoms with Gasteiger partial charge in [-0.15, -0.1) is 0 Å². The van der Waals surface area contributed by atoms with Gasteiger partial charge in [-0.2, -0.15) is 0 Å². The molecule has 1 N–H and O–H groups in total. The molecule has 0 radical (unpaired) electrons. The van der Waals surface area contributed by atoms with E-state index in [0.29, 0.717) is 19.4 Å². The molecule has 0 saturated carbocycles. The number of rotatable bonds is 2. The zero-order chi connectivity index (χ0) is 18.8. The Morgan fingerprint density at radius 1 is 1.28 bits per heavy atom. The molecule has 1 aliphatic heterocycles. The van der Waals surface area contributed by atoms with Crippen molar-refractivity contribution in [1.29, 1.82) is 0 Å². The van der Waals surface area contributed by atoms with Crippen molar-refractivity contribution in [1.82, 2.24) is 10.2 Å². The molecular formula is C17H21BrF2N2O3. The molecule has 0 aromatic heterocycles. The first-order valence-corrected chi connectivity index (χ1v) is 8.80. The van der Waals surface area contributed by atoms with Gasteiger partial charge in [0.05, 0.1) is 10.0 Å². The molecule has 0 bridgehead atoms. The molecule has 8 heteroatoms. The molecule has 1 saturated heterocycles. The second-order valence-electron chi connectivity index (χ2n) is 6.96. The van der Waals surface area contributed by atoms with E-state index in [4.69, 9.17) is 4.74 Å². The number of amides is 2. The van der Waals surface area contributed by atoms with E-state index >= 15 is 0 Å². The Morgan fingerprint density at radius 3 is 2.56 bits per heavy atom. The molecule has 1 aromatic rings. The summed E-state index contributed by atoms with van der Waals surface area (Å²) in [6.45, 7) is 6.11. The lowest BCUT2D eigenvalue weighted by atomic mass is 10.1. The molecule has 1 heterocycles. The molecule has 1 unspecified atom stereocenters. The highest BCUT2D eigenvalue weighted by Gasteiger charge is 2.29. The Bertz CT molecular complexity index is 677. The summed E-state index contributed by atoms with van der Waals surface area (Å²) >= 11 is 2.90. The van der Waals surface area contributed by atoms with Crippen LogP contribution in [-0.2, 0) is 4.74 Å². The number of likely N-dealkylation sites (tertiary alicyclic amines) is 1. The van der Waals surface area contributed by atoms with Gasteiger partial charge in [-0.3, -0.25) is 4.79 Å². The van der Waals surface area contributed by atoms with Crippen LogP contribution in [0, 0.1) is 11.6 Å². The molecule has 0 spiro atoms. The Labute approximate surface area is 153 Å². The first kappa shape index (κ1) is 19.6. The zero-order valence-electron chi connectivity index (χ0n) is 14.4.